The van der Waals surface area contributed by atoms with Crippen LogP contribution in [0.25, 0.3) is 0 Å². The van der Waals surface area contributed by atoms with E-state index in [-0.39, 0.29) is 11.8 Å². The van der Waals surface area contributed by atoms with E-state index >= 15 is 0 Å². The van der Waals surface area contributed by atoms with Crippen LogP contribution in [0.5, 0.6) is 5.75 Å². The quantitative estimate of drug-likeness (QED) is 0.559. The van der Waals surface area contributed by atoms with Gasteiger partial charge < -0.3 is 4.74 Å². The van der Waals surface area contributed by atoms with Gasteiger partial charge in [-0.05, 0) is 30.7 Å². The second-order valence-electron chi connectivity index (χ2n) is 5.90. The summed E-state index contributed by atoms with van der Waals surface area (Å²) in [6.45, 7) is 2.82. The minimum atomic E-state index is -0.282. The summed E-state index contributed by atoms with van der Waals surface area (Å²) in [5, 5.41) is 0. The molecule has 0 bridgehead atoms. The van der Waals surface area contributed by atoms with Gasteiger partial charge in [-0.1, -0.05) is 44.4 Å². The normalized spacial score (nSPS) is 13.3. The highest BCUT2D eigenvalue weighted by atomic mass is 16.5. The molecule has 0 saturated heterocycles. The topological polar surface area (TPSA) is 46.6 Å². The van der Waals surface area contributed by atoms with Crippen LogP contribution in [0.1, 0.15) is 53.3 Å². The number of hydrogen-bond acceptors (Lipinski definition) is 3. The van der Waals surface area contributed by atoms with E-state index in [0.717, 1.165) is 12.8 Å². The highest BCUT2D eigenvalue weighted by Crippen LogP contribution is 2.30. The lowest BCUT2D eigenvalue weighted by molar-refractivity contribution is 0.0926. The van der Waals surface area contributed by atoms with Gasteiger partial charge in [0.15, 0.2) is 0 Å². The molecule has 124 valence electrons. The Morgan fingerprint density at radius 2 is 1.58 bits per heavy atom. The van der Waals surface area contributed by atoms with Crippen LogP contribution in [0.3, 0.4) is 0 Å². The van der Waals surface area contributed by atoms with Crippen molar-refractivity contribution in [2.45, 2.75) is 32.6 Å². The number of carbonyl (C=O) groups excluding carboxylic acids is 2. The van der Waals surface area contributed by atoms with Crippen molar-refractivity contribution in [3.63, 3.8) is 0 Å². The van der Waals surface area contributed by atoms with Crippen LogP contribution in [0.15, 0.2) is 48.5 Å². The van der Waals surface area contributed by atoms with Crippen molar-refractivity contribution in [2.75, 3.05) is 11.5 Å². The van der Waals surface area contributed by atoms with Crippen molar-refractivity contribution < 1.29 is 14.3 Å². The number of fused-ring (bicyclic) bond motifs is 1. The molecule has 1 heterocycles. The first-order chi connectivity index (χ1) is 11.7. The maximum Gasteiger partial charge on any atom is 0.266 e. The van der Waals surface area contributed by atoms with Crippen molar-refractivity contribution in [3.05, 3.63) is 59.7 Å². The molecule has 2 amide bonds. The second kappa shape index (κ2) is 7.30. The molecule has 0 unspecified atom stereocenters. The summed E-state index contributed by atoms with van der Waals surface area (Å²) in [5.74, 6) is 0.118. The van der Waals surface area contributed by atoms with Crippen molar-refractivity contribution in [1.82, 2.24) is 0 Å². The number of carbonyl (C=O) groups is 2. The number of benzene rings is 2. The van der Waals surface area contributed by atoms with Crippen LogP contribution >= 0.6 is 0 Å². The van der Waals surface area contributed by atoms with Crippen LogP contribution in [-0.4, -0.2) is 18.4 Å². The monoisotopic (exact) mass is 323 g/mol. The Morgan fingerprint density at radius 1 is 0.875 bits per heavy atom. The fourth-order valence-electron chi connectivity index (χ4n) is 2.85. The molecule has 1 aliphatic heterocycles. The summed E-state index contributed by atoms with van der Waals surface area (Å²) in [5.41, 5.74) is 1.45. The Hall–Kier alpha value is -2.62. The van der Waals surface area contributed by atoms with Gasteiger partial charge in [-0.2, -0.15) is 0 Å². The first-order valence-electron chi connectivity index (χ1n) is 8.43. The average Bonchev–Trinajstić information content (AvgIpc) is 2.86. The second-order valence-corrected chi connectivity index (χ2v) is 5.90. The molecule has 0 atom stereocenters. The van der Waals surface area contributed by atoms with Gasteiger partial charge in [0.05, 0.1) is 23.4 Å². The molecular weight excluding hydrogens is 302 g/mol. The summed E-state index contributed by atoms with van der Waals surface area (Å²) in [4.78, 5) is 26.2. The van der Waals surface area contributed by atoms with Gasteiger partial charge in [-0.3, -0.25) is 9.59 Å². The van der Waals surface area contributed by atoms with E-state index < -0.39 is 0 Å². The summed E-state index contributed by atoms with van der Waals surface area (Å²) in [6.07, 6.45) is 4.55. The van der Waals surface area contributed by atoms with E-state index in [0.29, 0.717) is 29.2 Å². The number of rotatable bonds is 7. The van der Waals surface area contributed by atoms with E-state index in [1.807, 2.05) is 6.07 Å². The third-order valence-electron chi connectivity index (χ3n) is 4.14. The number of imide groups is 1. The highest BCUT2D eigenvalue weighted by Gasteiger charge is 2.36. The maximum absolute atomic E-state index is 12.5. The van der Waals surface area contributed by atoms with E-state index in [1.165, 1.54) is 17.7 Å². The maximum atomic E-state index is 12.5. The lowest BCUT2D eigenvalue weighted by Gasteiger charge is -2.15. The van der Waals surface area contributed by atoms with Crippen molar-refractivity contribution in [1.29, 1.82) is 0 Å². The summed E-state index contributed by atoms with van der Waals surface area (Å²) < 4.78 is 5.75. The Morgan fingerprint density at radius 3 is 2.25 bits per heavy atom. The van der Waals surface area contributed by atoms with Gasteiger partial charge in [0.2, 0.25) is 0 Å². The number of hydrogen-bond donors (Lipinski definition) is 0. The fourth-order valence-corrected chi connectivity index (χ4v) is 2.85. The first kappa shape index (κ1) is 16.2. The molecule has 3 rings (SSSR count). The Kier molecular flexibility index (Phi) is 4.94. The van der Waals surface area contributed by atoms with E-state index in [4.69, 9.17) is 4.74 Å². The predicted molar refractivity (Wildman–Crippen MR) is 93.7 cm³/mol. The van der Waals surface area contributed by atoms with E-state index in [9.17, 15) is 9.59 Å². The third kappa shape index (κ3) is 3.18. The van der Waals surface area contributed by atoms with Gasteiger partial charge >= 0.3 is 0 Å². The van der Waals surface area contributed by atoms with Crippen LogP contribution in [0.2, 0.25) is 0 Å². The lowest BCUT2D eigenvalue weighted by Crippen LogP contribution is -2.29. The Labute approximate surface area is 142 Å². The summed E-state index contributed by atoms with van der Waals surface area (Å²) in [6, 6.07) is 14.1. The molecule has 0 aliphatic carbocycles. The molecular formula is C20H21NO3. The fraction of sp³-hybridized carbons (Fsp3) is 0.300. The first-order valence-corrected chi connectivity index (χ1v) is 8.43. The minimum Gasteiger partial charge on any atom is -0.494 e. The zero-order valence-corrected chi connectivity index (χ0v) is 13.8. The standard InChI is InChI=1S/C20H21NO3/c1-2-3-4-7-13-24-16-10-8-9-15(14-16)21-19(22)17-11-5-6-12-18(17)20(21)23/h5-6,8-12,14H,2-4,7,13H2,1H3. The van der Waals surface area contributed by atoms with Gasteiger partial charge in [-0.25, -0.2) is 4.90 Å². The van der Waals surface area contributed by atoms with Crippen LogP contribution in [0, 0.1) is 0 Å². The number of unbranched alkanes of at least 4 members (excludes halogenated alkanes) is 3. The van der Waals surface area contributed by atoms with Gasteiger partial charge in [0.25, 0.3) is 11.8 Å². The smallest absolute Gasteiger partial charge is 0.266 e. The SMILES string of the molecule is CCCCCCOc1cccc(N2C(=O)c3ccccc3C2=O)c1. The predicted octanol–water partition coefficient (Wildman–Crippen LogP) is 4.45. The number of ether oxygens (including phenoxy) is 1. The van der Waals surface area contributed by atoms with Gasteiger partial charge in [0, 0.05) is 6.07 Å². The molecule has 24 heavy (non-hydrogen) atoms. The molecule has 4 nitrogen and oxygen atoms in total. The third-order valence-corrected chi connectivity index (χ3v) is 4.14. The Bertz CT molecular complexity index is 719. The van der Waals surface area contributed by atoms with Crippen LogP contribution in [0.4, 0.5) is 5.69 Å². The number of nitrogens with zero attached hydrogens (tertiary/aromatic N) is 1. The van der Waals surface area contributed by atoms with E-state index in [1.54, 1.807) is 42.5 Å². The molecule has 0 N–H and O–H groups in total. The highest BCUT2D eigenvalue weighted by molar-refractivity contribution is 6.34. The molecule has 0 spiro atoms. The van der Waals surface area contributed by atoms with Gasteiger partial charge in [0.1, 0.15) is 5.75 Å². The number of anilines is 1. The van der Waals surface area contributed by atoms with Crippen molar-refractivity contribution >= 4 is 17.5 Å². The van der Waals surface area contributed by atoms with Crippen LogP contribution in [-0.2, 0) is 0 Å². The van der Waals surface area contributed by atoms with E-state index in [2.05, 4.69) is 6.92 Å². The largest absolute Gasteiger partial charge is 0.494 e. The molecule has 0 radical (unpaired) electrons. The zero-order valence-electron chi connectivity index (χ0n) is 13.8. The summed E-state index contributed by atoms with van der Waals surface area (Å²) in [7, 11) is 0. The van der Waals surface area contributed by atoms with Crippen LogP contribution < -0.4 is 9.64 Å². The molecule has 0 aromatic heterocycles. The minimum absolute atomic E-state index is 0.282. The molecule has 1 aliphatic rings. The summed E-state index contributed by atoms with van der Waals surface area (Å²) >= 11 is 0. The molecule has 4 heteroatoms. The zero-order chi connectivity index (χ0) is 16.9. The van der Waals surface area contributed by atoms with Gasteiger partial charge in [-0.15, -0.1) is 0 Å². The molecule has 2 aromatic carbocycles. The molecule has 2 aromatic rings. The average molecular weight is 323 g/mol. The Balaban J connectivity index is 1.73. The number of amides is 2. The molecule has 0 saturated carbocycles. The van der Waals surface area contributed by atoms with Crippen molar-refractivity contribution in [2.24, 2.45) is 0 Å². The molecule has 0 fully saturated rings. The van der Waals surface area contributed by atoms with Crippen molar-refractivity contribution in [3.8, 4) is 5.75 Å². The lowest BCUT2D eigenvalue weighted by atomic mass is 10.1.